The van der Waals surface area contributed by atoms with Crippen LogP contribution in [0.3, 0.4) is 0 Å². The number of hydrogen-bond donors (Lipinski definition) is 2. The van der Waals surface area contributed by atoms with E-state index in [2.05, 4.69) is 39.1 Å². The Balaban J connectivity index is 1.46. The minimum atomic E-state index is -0.239. The second-order valence-corrected chi connectivity index (χ2v) is 6.42. The Labute approximate surface area is 137 Å². The van der Waals surface area contributed by atoms with Crippen molar-refractivity contribution in [3.05, 3.63) is 47.5 Å². The number of nitrogens with zero attached hydrogens (tertiary/aromatic N) is 3. The van der Waals surface area contributed by atoms with Crippen molar-refractivity contribution in [3.63, 3.8) is 0 Å². The smallest absolute Gasteiger partial charge is 0.150 e. The van der Waals surface area contributed by atoms with Crippen molar-refractivity contribution < 1.29 is 5.11 Å². The first-order valence-corrected chi connectivity index (χ1v) is 8.59. The van der Waals surface area contributed by atoms with Gasteiger partial charge in [-0.1, -0.05) is 37.3 Å². The summed E-state index contributed by atoms with van der Waals surface area (Å²) in [5, 5.41) is 17.7. The topological polar surface area (TPSA) is 65.0 Å². The summed E-state index contributed by atoms with van der Waals surface area (Å²) in [5.74, 6) is 2.23. The summed E-state index contributed by atoms with van der Waals surface area (Å²) >= 11 is 0. The van der Waals surface area contributed by atoms with Gasteiger partial charge in [0.25, 0.3) is 0 Å². The van der Waals surface area contributed by atoms with Gasteiger partial charge in [0.15, 0.2) is 0 Å². The van der Waals surface area contributed by atoms with E-state index in [-0.39, 0.29) is 6.10 Å². The molecular formula is C18H26N4O. The number of aromatic amines is 1. The van der Waals surface area contributed by atoms with Crippen LogP contribution in [0.2, 0.25) is 0 Å². The van der Waals surface area contributed by atoms with E-state index in [9.17, 15) is 5.11 Å². The van der Waals surface area contributed by atoms with E-state index < -0.39 is 0 Å². The van der Waals surface area contributed by atoms with E-state index in [0.717, 1.165) is 57.0 Å². The molecule has 0 amide bonds. The van der Waals surface area contributed by atoms with Crippen LogP contribution in [0.4, 0.5) is 0 Å². The van der Waals surface area contributed by atoms with Gasteiger partial charge < -0.3 is 5.11 Å². The highest BCUT2D eigenvalue weighted by Gasteiger charge is 2.25. The molecule has 2 N–H and O–H groups in total. The van der Waals surface area contributed by atoms with E-state index in [1.165, 1.54) is 5.56 Å². The van der Waals surface area contributed by atoms with E-state index in [1.807, 2.05) is 18.2 Å². The normalized spacial score (nSPS) is 18.2. The van der Waals surface area contributed by atoms with Crippen molar-refractivity contribution in [1.82, 2.24) is 20.1 Å². The summed E-state index contributed by atoms with van der Waals surface area (Å²) < 4.78 is 0. The van der Waals surface area contributed by atoms with Crippen molar-refractivity contribution in [3.8, 4) is 0 Å². The number of H-pyrrole nitrogens is 1. The third-order valence-corrected chi connectivity index (χ3v) is 4.73. The van der Waals surface area contributed by atoms with Crippen molar-refractivity contribution in [2.45, 2.75) is 45.3 Å². The Hall–Kier alpha value is -1.72. The van der Waals surface area contributed by atoms with Crippen LogP contribution >= 0.6 is 0 Å². The number of aliphatic hydroxyl groups excluding tert-OH is 1. The maximum absolute atomic E-state index is 10.5. The Morgan fingerprint density at radius 3 is 2.65 bits per heavy atom. The number of aromatic nitrogens is 3. The van der Waals surface area contributed by atoms with Gasteiger partial charge in [-0.25, -0.2) is 4.98 Å². The van der Waals surface area contributed by atoms with Gasteiger partial charge in [-0.15, -0.1) is 0 Å². The lowest BCUT2D eigenvalue weighted by Gasteiger charge is -2.33. The molecule has 5 heteroatoms. The lowest BCUT2D eigenvalue weighted by atomic mass is 9.88. The summed E-state index contributed by atoms with van der Waals surface area (Å²) in [6.07, 6.45) is 3.47. The summed E-state index contributed by atoms with van der Waals surface area (Å²) in [7, 11) is 0. The van der Waals surface area contributed by atoms with E-state index >= 15 is 0 Å². The van der Waals surface area contributed by atoms with E-state index in [4.69, 9.17) is 0 Å². The van der Waals surface area contributed by atoms with Gasteiger partial charge in [-0.2, -0.15) is 5.10 Å². The van der Waals surface area contributed by atoms with Crippen LogP contribution in [0.25, 0.3) is 0 Å². The maximum Gasteiger partial charge on any atom is 0.150 e. The molecule has 3 rings (SSSR count). The van der Waals surface area contributed by atoms with Crippen LogP contribution in [0.15, 0.2) is 30.3 Å². The number of piperidine rings is 1. The van der Waals surface area contributed by atoms with E-state index in [1.54, 1.807) is 0 Å². The first kappa shape index (κ1) is 16.1. The van der Waals surface area contributed by atoms with Crippen LogP contribution in [0, 0.1) is 5.92 Å². The highest BCUT2D eigenvalue weighted by Crippen LogP contribution is 2.23. The molecule has 2 heterocycles. The van der Waals surface area contributed by atoms with Gasteiger partial charge in [-0.05, 0) is 43.8 Å². The predicted octanol–water partition coefficient (Wildman–Crippen LogP) is 2.18. The number of benzene rings is 1. The van der Waals surface area contributed by atoms with Crippen molar-refractivity contribution in [1.29, 1.82) is 0 Å². The standard InChI is InChI=1S/C18H26N4O/c1-2-17-19-18(21-20-17)13-22-10-8-15(9-11-22)16(23)12-14-6-4-3-5-7-14/h3-7,15-16,23H,2,8-13H2,1H3,(H,19,20,21). The predicted molar refractivity (Wildman–Crippen MR) is 89.9 cm³/mol. The third-order valence-electron chi connectivity index (χ3n) is 4.73. The highest BCUT2D eigenvalue weighted by molar-refractivity contribution is 5.15. The van der Waals surface area contributed by atoms with Gasteiger partial charge in [0, 0.05) is 6.42 Å². The van der Waals surface area contributed by atoms with Crippen molar-refractivity contribution in [2.24, 2.45) is 5.92 Å². The lowest BCUT2D eigenvalue weighted by Crippen LogP contribution is -2.38. The average Bonchev–Trinajstić information content (AvgIpc) is 3.04. The number of rotatable bonds is 6. The Bertz CT molecular complexity index is 590. The molecule has 1 aromatic heterocycles. The fraction of sp³-hybridized carbons (Fsp3) is 0.556. The van der Waals surface area contributed by atoms with Crippen LogP contribution in [-0.2, 0) is 19.4 Å². The summed E-state index contributed by atoms with van der Waals surface area (Å²) in [6.45, 7) is 4.92. The largest absolute Gasteiger partial charge is 0.392 e. The molecule has 1 aliphatic rings. The molecule has 0 saturated carbocycles. The quantitative estimate of drug-likeness (QED) is 0.858. The fourth-order valence-electron chi connectivity index (χ4n) is 3.29. The highest BCUT2D eigenvalue weighted by atomic mass is 16.3. The van der Waals surface area contributed by atoms with Crippen LogP contribution in [0.5, 0.6) is 0 Å². The minimum absolute atomic E-state index is 0.239. The van der Waals surface area contributed by atoms with Gasteiger partial charge >= 0.3 is 0 Å². The molecule has 1 aromatic carbocycles. The number of nitrogens with one attached hydrogen (secondary N) is 1. The SMILES string of the molecule is CCc1n[nH]c(CN2CCC(C(O)Cc3ccccc3)CC2)n1. The molecule has 0 bridgehead atoms. The molecular weight excluding hydrogens is 288 g/mol. The minimum Gasteiger partial charge on any atom is -0.392 e. The van der Waals surface area contributed by atoms with Gasteiger partial charge in [0.05, 0.1) is 12.6 Å². The molecule has 0 radical (unpaired) electrons. The molecule has 23 heavy (non-hydrogen) atoms. The maximum atomic E-state index is 10.5. The second kappa shape index (κ2) is 7.70. The summed E-state index contributed by atoms with van der Waals surface area (Å²) in [5.41, 5.74) is 1.22. The van der Waals surface area contributed by atoms with Crippen LogP contribution < -0.4 is 0 Å². The molecule has 124 valence electrons. The zero-order chi connectivity index (χ0) is 16.1. The monoisotopic (exact) mass is 314 g/mol. The molecule has 5 nitrogen and oxygen atoms in total. The lowest BCUT2D eigenvalue weighted by molar-refractivity contribution is 0.0569. The number of likely N-dealkylation sites (tertiary alicyclic amines) is 1. The first-order valence-electron chi connectivity index (χ1n) is 8.59. The molecule has 0 spiro atoms. The van der Waals surface area contributed by atoms with Gasteiger partial charge in [0.2, 0.25) is 0 Å². The van der Waals surface area contributed by atoms with E-state index in [0.29, 0.717) is 5.92 Å². The van der Waals surface area contributed by atoms with Crippen LogP contribution in [0.1, 0.15) is 37.0 Å². The van der Waals surface area contributed by atoms with Gasteiger partial charge in [0.1, 0.15) is 11.6 Å². The molecule has 1 atom stereocenters. The summed E-state index contributed by atoms with van der Waals surface area (Å²) in [6, 6.07) is 10.3. The number of hydrogen-bond acceptors (Lipinski definition) is 4. The molecule has 1 unspecified atom stereocenters. The van der Waals surface area contributed by atoms with Crippen LogP contribution in [-0.4, -0.2) is 44.4 Å². The van der Waals surface area contributed by atoms with Gasteiger partial charge in [-0.3, -0.25) is 10.00 Å². The Morgan fingerprint density at radius 1 is 1.26 bits per heavy atom. The van der Waals surface area contributed by atoms with Crippen molar-refractivity contribution in [2.75, 3.05) is 13.1 Å². The molecule has 1 aliphatic heterocycles. The first-order chi connectivity index (χ1) is 11.2. The second-order valence-electron chi connectivity index (χ2n) is 6.42. The number of aryl methyl sites for hydroxylation is 1. The molecule has 1 fully saturated rings. The third kappa shape index (κ3) is 4.39. The average molecular weight is 314 g/mol. The van der Waals surface area contributed by atoms with Crippen molar-refractivity contribution >= 4 is 0 Å². The molecule has 0 aliphatic carbocycles. The Morgan fingerprint density at radius 2 is 2.00 bits per heavy atom. The Kier molecular flexibility index (Phi) is 5.41. The number of aliphatic hydroxyl groups is 1. The fourth-order valence-corrected chi connectivity index (χ4v) is 3.29. The zero-order valence-corrected chi connectivity index (χ0v) is 13.8. The molecule has 2 aromatic rings. The zero-order valence-electron chi connectivity index (χ0n) is 13.8. The molecule has 1 saturated heterocycles. The summed E-state index contributed by atoms with van der Waals surface area (Å²) in [4.78, 5) is 6.87.